The number of rotatable bonds is 9. The smallest absolute Gasteiger partial charge is 0.192 e. The number of hydrogen-bond acceptors (Lipinski definition) is 4. The molecule has 0 radical (unpaired) electrons. The predicted octanol–water partition coefficient (Wildman–Crippen LogP) is 6.40. The summed E-state index contributed by atoms with van der Waals surface area (Å²) in [5, 5.41) is 0.576. The lowest BCUT2D eigenvalue weighted by molar-refractivity contribution is 0.118. The van der Waals surface area contributed by atoms with E-state index in [0.29, 0.717) is 10.7 Å². The van der Waals surface area contributed by atoms with Crippen molar-refractivity contribution in [3.8, 4) is 0 Å². The van der Waals surface area contributed by atoms with Crippen LogP contribution in [0.4, 0.5) is 0 Å². The number of imidazole rings is 1. The molecule has 2 heterocycles. The fourth-order valence-corrected chi connectivity index (χ4v) is 4.63. The highest BCUT2D eigenvalue weighted by atomic mass is 35.5. The van der Waals surface area contributed by atoms with Crippen molar-refractivity contribution < 1.29 is 4.43 Å². The molecule has 27 heavy (non-hydrogen) atoms. The maximum Gasteiger partial charge on any atom is 0.192 e. The minimum Gasteiger partial charge on any atom is -0.412 e. The standard InChI is InChI=1S/C20H35ClN4OSi/c1-8-9-10-11-12-16(26-27(6,7)20(3,4)5)15(2)25-14-24-17-18(21)22-13-23-19(17)25/h13-16H,8-12H2,1-7H3/t15-,16+/m0/s1. The fourth-order valence-electron chi connectivity index (χ4n) is 3.03. The largest absolute Gasteiger partial charge is 0.412 e. The Morgan fingerprint density at radius 2 is 1.85 bits per heavy atom. The van der Waals surface area contributed by atoms with Gasteiger partial charge in [-0.2, -0.15) is 0 Å². The average molecular weight is 411 g/mol. The maximum atomic E-state index is 6.86. The Morgan fingerprint density at radius 1 is 1.15 bits per heavy atom. The van der Waals surface area contributed by atoms with Crippen LogP contribution in [-0.2, 0) is 4.43 Å². The summed E-state index contributed by atoms with van der Waals surface area (Å²) in [5.41, 5.74) is 1.43. The Labute approximate surface area is 170 Å². The minimum atomic E-state index is -1.88. The van der Waals surface area contributed by atoms with Crippen LogP contribution in [0.2, 0.25) is 23.3 Å². The minimum absolute atomic E-state index is 0.133. The molecule has 0 unspecified atom stereocenters. The van der Waals surface area contributed by atoms with Gasteiger partial charge in [0.2, 0.25) is 0 Å². The third kappa shape index (κ3) is 5.30. The maximum absolute atomic E-state index is 6.86. The van der Waals surface area contributed by atoms with Gasteiger partial charge in [-0.25, -0.2) is 15.0 Å². The Kier molecular flexibility index (Phi) is 7.45. The van der Waals surface area contributed by atoms with Gasteiger partial charge in [-0.05, 0) is 31.5 Å². The zero-order valence-corrected chi connectivity index (χ0v) is 19.7. The molecule has 2 aromatic rings. The van der Waals surface area contributed by atoms with Gasteiger partial charge >= 0.3 is 0 Å². The highest BCUT2D eigenvalue weighted by Gasteiger charge is 2.40. The molecule has 2 atom stereocenters. The number of nitrogens with zero attached hydrogens (tertiary/aromatic N) is 4. The van der Waals surface area contributed by atoms with E-state index in [1.807, 2.05) is 6.33 Å². The highest BCUT2D eigenvalue weighted by Crippen LogP contribution is 2.39. The molecule has 0 N–H and O–H groups in total. The molecule has 0 aliphatic carbocycles. The average Bonchev–Trinajstić information content (AvgIpc) is 3.01. The Hall–Kier alpha value is -0.983. The molecule has 0 saturated heterocycles. The first-order valence-corrected chi connectivity index (χ1v) is 13.4. The summed E-state index contributed by atoms with van der Waals surface area (Å²) in [6, 6.07) is 0.136. The van der Waals surface area contributed by atoms with E-state index in [1.54, 1.807) is 0 Å². The monoisotopic (exact) mass is 410 g/mol. The number of aromatic nitrogens is 4. The second-order valence-corrected chi connectivity index (χ2v) is 14.1. The van der Waals surface area contributed by atoms with Gasteiger partial charge in [0.05, 0.1) is 18.5 Å². The van der Waals surface area contributed by atoms with Crippen LogP contribution in [0.25, 0.3) is 11.2 Å². The van der Waals surface area contributed by atoms with Crippen LogP contribution in [0, 0.1) is 0 Å². The van der Waals surface area contributed by atoms with Crippen LogP contribution in [0.5, 0.6) is 0 Å². The molecule has 5 nitrogen and oxygen atoms in total. The third-order valence-corrected chi connectivity index (χ3v) is 10.7. The van der Waals surface area contributed by atoms with E-state index in [0.717, 1.165) is 12.1 Å². The van der Waals surface area contributed by atoms with Crippen molar-refractivity contribution >= 4 is 31.1 Å². The third-order valence-electron chi connectivity index (χ3n) is 5.89. The molecular formula is C20H35ClN4OSi. The van der Waals surface area contributed by atoms with Gasteiger partial charge in [-0.1, -0.05) is 65.0 Å². The van der Waals surface area contributed by atoms with Crippen LogP contribution in [0.15, 0.2) is 12.7 Å². The lowest BCUT2D eigenvalue weighted by atomic mass is 10.0. The summed E-state index contributed by atoms with van der Waals surface area (Å²) in [5.74, 6) is 0. The van der Waals surface area contributed by atoms with Crippen molar-refractivity contribution in [1.29, 1.82) is 0 Å². The summed E-state index contributed by atoms with van der Waals surface area (Å²) in [6.07, 6.45) is 9.45. The summed E-state index contributed by atoms with van der Waals surface area (Å²) < 4.78 is 8.96. The summed E-state index contributed by atoms with van der Waals surface area (Å²) in [7, 11) is -1.88. The van der Waals surface area contributed by atoms with Gasteiger partial charge < -0.3 is 8.99 Å². The van der Waals surface area contributed by atoms with Crippen LogP contribution >= 0.6 is 11.6 Å². The van der Waals surface area contributed by atoms with Crippen molar-refractivity contribution in [1.82, 2.24) is 19.5 Å². The van der Waals surface area contributed by atoms with Crippen LogP contribution < -0.4 is 0 Å². The van der Waals surface area contributed by atoms with Gasteiger partial charge in [0.1, 0.15) is 11.8 Å². The zero-order chi connectivity index (χ0) is 20.2. The molecule has 2 rings (SSSR count). The lowest BCUT2D eigenvalue weighted by Crippen LogP contribution is -2.45. The van der Waals surface area contributed by atoms with E-state index >= 15 is 0 Å². The molecule has 0 aliphatic rings. The number of halogens is 1. The lowest BCUT2D eigenvalue weighted by Gasteiger charge is -2.41. The molecule has 0 amide bonds. The predicted molar refractivity (Wildman–Crippen MR) is 116 cm³/mol. The first-order chi connectivity index (χ1) is 12.6. The summed E-state index contributed by atoms with van der Waals surface area (Å²) >= 11 is 6.19. The first kappa shape index (κ1) is 22.3. The Morgan fingerprint density at radius 3 is 2.48 bits per heavy atom. The Balaban J connectivity index is 2.28. The van der Waals surface area contributed by atoms with E-state index in [4.69, 9.17) is 16.0 Å². The van der Waals surface area contributed by atoms with Gasteiger partial charge in [0.15, 0.2) is 19.1 Å². The molecule has 7 heteroatoms. The molecular weight excluding hydrogens is 376 g/mol. The van der Waals surface area contributed by atoms with E-state index < -0.39 is 8.32 Å². The number of hydrogen-bond donors (Lipinski definition) is 0. The highest BCUT2D eigenvalue weighted by molar-refractivity contribution is 6.74. The molecule has 0 bridgehead atoms. The van der Waals surface area contributed by atoms with Gasteiger partial charge in [-0.15, -0.1) is 0 Å². The Bertz CT molecular complexity index is 741. The summed E-state index contributed by atoms with van der Waals surface area (Å²) in [4.78, 5) is 12.9. The summed E-state index contributed by atoms with van der Waals surface area (Å²) in [6.45, 7) is 16.0. The SMILES string of the molecule is CCCCCC[C@@H](O[Si](C)(C)C(C)(C)C)[C@H](C)n1cnc2c(Cl)ncnc21. The van der Waals surface area contributed by atoms with Gasteiger partial charge in [0, 0.05) is 0 Å². The van der Waals surface area contributed by atoms with Gasteiger partial charge in [-0.3, -0.25) is 0 Å². The van der Waals surface area contributed by atoms with Crippen LogP contribution in [0.3, 0.4) is 0 Å². The van der Waals surface area contributed by atoms with Crippen molar-refractivity contribution in [2.45, 2.75) is 97.0 Å². The van der Waals surface area contributed by atoms with E-state index in [-0.39, 0.29) is 17.2 Å². The normalized spacial score (nSPS) is 15.3. The molecule has 0 fully saturated rings. The van der Waals surface area contributed by atoms with Gasteiger partial charge in [0.25, 0.3) is 0 Å². The fraction of sp³-hybridized carbons (Fsp3) is 0.750. The van der Waals surface area contributed by atoms with Crippen molar-refractivity contribution in [3.05, 3.63) is 17.8 Å². The van der Waals surface area contributed by atoms with Crippen molar-refractivity contribution in [2.75, 3.05) is 0 Å². The van der Waals surface area contributed by atoms with E-state index in [2.05, 4.69) is 67.2 Å². The topological polar surface area (TPSA) is 52.8 Å². The molecule has 2 aromatic heterocycles. The number of unbranched alkanes of at least 4 members (excludes halogenated alkanes) is 3. The van der Waals surface area contributed by atoms with Crippen molar-refractivity contribution in [2.24, 2.45) is 0 Å². The van der Waals surface area contributed by atoms with Crippen molar-refractivity contribution in [3.63, 3.8) is 0 Å². The molecule has 0 aliphatic heterocycles. The first-order valence-electron chi connectivity index (χ1n) is 10.1. The molecule has 0 spiro atoms. The second kappa shape index (κ2) is 9.01. The second-order valence-electron chi connectivity index (χ2n) is 9.00. The number of fused-ring (bicyclic) bond motifs is 1. The van der Waals surface area contributed by atoms with Crippen LogP contribution in [-0.4, -0.2) is 33.9 Å². The molecule has 152 valence electrons. The van der Waals surface area contributed by atoms with E-state index in [9.17, 15) is 0 Å². The quantitative estimate of drug-likeness (QED) is 0.272. The van der Waals surface area contributed by atoms with Crippen LogP contribution in [0.1, 0.15) is 72.8 Å². The van der Waals surface area contributed by atoms with E-state index in [1.165, 1.54) is 32.0 Å². The molecule has 0 saturated carbocycles. The molecule has 0 aromatic carbocycles. The zero-order valence-electron chi connectivity index (χ0n) is 17.9.